The molecule has 2 amide bonds. The zero-order valence-corrected chi connectivity index (χ0v) is 21.6. The lowest BCUT2D eigenvalue weighted by atomic mass is 10.1. The van der Waals surface area contributed by atoms with E-state index in [0.29, 0.717) is 28.6 Å². The molecule has 0 spiro atoms. The van der Waals surface area contributed by atoms with Gasteiger partial charge < -0.3 is 10.2 Å². The van der Waals surface area contributed by atoms with Gasteiger partial charge >= 0.3 is 0 Å². The summed E-state index contributed by atoms with van der Waals surface area (Å²) in [6.45, 7) is 3.31. The van der Waals surface area contributed by atoms with Crippen molar-refractivity contribution >= 4 is 50.7 Å². The second-order valence-electron chi connectivity index (χ2n) is 7.69. The number of hydrogen-bond acceptors (Lipinski definition) is 4. The van der Waals surface area contributed by atoms with Gasteiger partial charge in [-0.05, 0) is 43.2 Å². The molecule has 1 unspecified atom stereocenters. The van der Waals surface area contributed by atoms with Crippen LogP contribution in [-0.2, 0) is 26.2 Å². The Kier molecular flexibility index (Phi) is 10.1. The number of sulfonamides is 1. The van der Waals surface area contributed by atoms with Crippen LogP contribution in [0.1, 0.15) is 32.3 Å². The summed E-state index contributed by atoms with van der Waals surface area (Å²) in [4.78, 5) is 27.7. The zero-order chi connectivity index (χ0) is 25.5. The van der Waals surface area contributed by atoms with Gasteiger partial charge in [-0.15, -0.1) is 0 Å². The Morgan fingerprint density at radius 1 is 1.09 bits per heavy atom. The molecule has 0 aromatic heterocycles. The van der Waals surface area contributed by atoms with Crippen molar-refractivity contribution in [3.63, 3.8) is 0 Å². The molecule has 2 aromatic rings. The smallest absolute Gasteiger partial charge is 0.244 e. The molecular formula is C23H28Cl2FN3O4S. The zero-order valence-electron chi connectivity index (χ0n) is 19.2. The maximum absolute atomic E-state index is 13.8. The second kappa shape index (κ2) is 12.4. The average Bonchev–Trinajstić information content (AvgIpc) is 2.76. The summed E-state index contributed by atoms with van der Waals surface area (Å²) < 4.78 is 39.6. The van der Waals surface area contributed by atoms with E-state index >= 15 is 0 Å². The number of carbonyl (C=O) groups is 2. The first-order valence-electron chi connectivity index (χ1n) is 10.7. The highest BCUT2D eigenvalue weighted by atomic mass is 35.5. The van der Waals surface area contributed by atoms with Gasteiger partial charge in [0.2, 0.25) is 21.8 Å². The van der Waals surface area contributed by atoms with E-state index in [1.165, 1.54) is 23.1 Å². The van der Waals surface area contributed by atoms with Crippen LogP contribution in [0.3, 0.4) is 0 Å². The van der Waals surface area contributed by atoms with Gasteiger partial charge in [0.25, 0.3) is 0 Å². The summed E-state index contributed by atoms with van der Waals surface area (Å²) in [6, 6.07) is 8.90. The summed E-state index contributed by atoms with van der Waals surface area (Å²) in [5.41, 5.74) is 0.424. The van der Waals surface area contributed by atoms with Crippen molar-refractivity contribution in [1.29, 1.82) is 0 Å². The van der Waals surface area contributed by atoms with Crippen LogP contribution < -0.4 is 9.62 Å². The van der Waals surface area contributed by atoms with Gasteiger partial charge in [0.05, 0.1) is 11.9 Å². The van der Waals surface area contributed by atoms with Crippen molar-refractivity contribution in [2.75, 3.05) is 23.7 Å². The number of anilines is 1. The first-order valence-corrected chi connectivity index (χ1v) is 13.3. The molecule has 0 aliphatic rings. The summed E-state index contributed by atoms with van der Waals surface area (Å²) in [5, 5.41) is 3.39. The van der Waals surface area contributed by atoms with E-state index in [0.717, 1.165) is 16.6 Å². The third-order valence-corrected chi connectivity index (χ3v) is 6.95. The normalized spacial score (nSPS) is 12.2. The van der Waals surface area contributed by atoms with E-state index in [9.17, 15) is 22.4 Å². The van der Waals surface area contributed by atoms with Gasteiger partial charge in [-0.1, -0.05) is 49.2 Å². The molecule has 7 nitrogen and oxygen atoms in total. The highest BCUT2D eigenvalue weighted by Gasteiger charge is 2.32. The highest BCUT2D eigenvalue weighted by molar-refractivity contribution is 7.92. The molecule has 1 atom stereocenters. The van der Waals surface area contributed by atoms with Crippen molar-refractivity contribution in [1.82, 2.24) is 10.2 Å². The molecule has 2 rings (SSSR count). The van der Waals surface area contributed by atoms with Crippen LogP contribution in [0, 0.1) is 5.82 Å². The van der Waals surface area contributed by atoms with E-state index in [1.807, 2.05) is 6.92 Å². The fourth-order valence-corrected chi connectivity index (χ4v) is 4.74. The average molecular weight is 532 g/mol. The van der Waals surface area contributed by atoms with Gasteiger partial charge in [-0.3, -0.25) is 13.9 Å². The third kappa shape index (κ3) is 7.32. The topological polar surface area (TPSA) is 86.8 Å². The van der Waals surface area contributed by atoms with Gasteiger partial charge in [-0.2, -0.15) is 0 Å². The largest absolute Gasteiger partial charge is 0.354 e. The summed E-state index contributed by atoms with van der Waals surface area (Å²) >= 11 is 12.6. The Hall–Kier alpha value is -2.36. The summed E-state index contributed by atoms with van der Waals surface area (Å²) in [6.07, 6.45) is 1.89. The molecule has 2 aromatic carbocycles. The van der Waals surface area contributed by atoms with E-state index in [2.05, 4.69) is 5.32 Å². The quantitative estimate of drug-likeness (QED) is 0.469. The Bertz CT molecular complexity index is 1110. The van der Waals surface area contributed by atoms with Gasteiger partial charge in [0.1, 0.15) is 18.4 Å². The molecule has 0 aliphatic carbocycles. The van der Waals surface area contributed by atoms with Crippen molar-refractivity contribution in [3.05, 3.63) is 63.9 Å². The van der Waals surface area contributed by atoms with Crippen LogP contribution in [0.25, 0.3) is 0 Å². The number of halogens is 3. The Labute approximate surface area is 209 Å². The standard InChI is InChI=1S/C23H28Cl2FN3O4S/c1-4-12-27-23(31)21(5-2)28(14-18-19(24)10-7-11-20(18)25)22(30)15-29(34(3,32)33)17-9-6-8-16(26)13-17/h6-11,13,21H,4-5,12,14-15H2,1-3H3,(H,27,31). The molecule has 0 fully saturated rings. The Balaban J connectivity index is 2.48. The van der Waals surface area contributed by atoms with Crippen LogP contribution in [0.15, 0.2) is 42.5 Å². The number of amides is 2. The molecule has 0 saturated heterocycles. The van der Waals surface area contributed by atoms with Gasteiger partial charge in [0, 0.05) is 28.7 Å². The maximum atomic E-state index is 13.8. The van der Waals surface area contributed by atoms with Crippen molar-refractivity contribution in [3.8, 4) is 0 Å². The molecule has 34 heavy (non-hydrogen) atoms. The first kappa shape index (κ1) is 27.9. The summed E-state index contributed by atoms with van der Waals surface area (Å²) in [5.74, 6) is -1.69. The maximum Gasteiger partial charge on any atom is 0.244 e. The SMILES string of the molecule is CCCNC(=O)C(CC)N(Cc1c(Cl)cccc1Cl)C(=O)CN(c1cccc(F)c1)S(C)(=O)=O. The Morgan fingerprint density at radius 2 is 1.71 bits per heavy atom. The van der Waals surface area contributed by atoms with Crippen LogP contribution in [0.5, 0.6) is 0 Å². The summed E-state index contributed by atoms with van der Waals surface area (Å²) in [7, 11) is -3.95. The number of nitrogens with one attached hydrogen (secondary N) is 1. The van der Waals surface area contributed by atoms with Crippen LogP contribution in [0.2, 0.25) is 10.0 Å². The highest BCUT2D eigenvalue weighted by Crippen LogP contribution is 2.27. The first-order chi connectivity index (χ1) is 16.0. The lowest BCUT2D eigenvalue weighted by molar-refractivity contribution is -0.140. The van der Waals surface area contributed by atoms with Crippen LogP contribution in [-0.4, -0.2) is 50.5 Å². The van der Waals surface area contributed by atoms with E-state index in [1.54, 1.807) is 25.1 Å². The molecule has 0 heterocycles. The van der Waals surface area contributed by atoms with E-state index < -0.39 is 34.3 Å². The molecule has 0 aliphatic heterocycles. The number of benzene rings is 2. The van der Waals surface area contributed by atoms with Crippen molar-refractivity contribution < 1.29 is 22.4 Å². The minimum Gasteiger partial charge on any atom is -0.354 e. The number of rotatable bonds is 11. The van der Waals surface area contributed by atoms with Gasteiger partial charge in [0.15, 0.2) is 0 Å². The molecule has 11 heteroatoms. The van der Waals surface area contributed by atoms with Crippen molar-refractivity contribution in [2.24, 2.45) is 0 Å². The fraction of sp³-hybridized carbons (Fsp3) is 0.391. The molecule has 186 valence electrons. The number of hydrogen-bond donors (Lipinski definition) is 1. The number of carbonyl (C=O) groups excluding carboxylic acids is 2. The van der Waals surface area contributed by atoms with E-state index in [-0.39, 0.29) is 24.6 Å². The van der Waals surface area contributed by atoms with Crippen LogP contribution in [0.4, 0.5) is 10.1 Å². The molecular weight excluding hydrogens is 504 g/mol. The number of nitrogens with zero attached hydrogens (tertiary/aromatic N) is 2. The monoisotopic (exact) mass is 531 g/mol. The predicted octanol–water partition coefficient (Wildman–Crippen LogP) is 4.23. The minimum atomic E-state index is -3.95. The Morgan fingerprint density at radius 3 is 2.24 bits per heavy atom. The predicted molar refractivity (Wildman–Crippen MR) is 133 cm³/mol. The molecule has 0 saturated carbocycles. The lowest BCUT2D eigenvalue weighted by Gasteiger charge is -2.33. The molecule has 1 N–H and O–H groups in total. The fourth-order valence-electron chi connectivity index (χ4n) is 3.38. The van der Waals surface area contributed by atoms with Crippen LogP contribution >= 0.6 is 23.2 Å². The minimum absolute atomic E-state index is 0.00458. The third-order valence-electron chi connectivity index (χ3n) is 5.10. The second-order valence-corrected chi connectivity index (χ2v) is 10.4. The lowest BCUT2D eigenvalue weighted by Crippen LogP contribution is -2.52. The molecule has 0 bridgehead atoms. The van der Waals surface area contributed by atoms with Gasteiger partial charge in [-0.25, -0.2) is 12.8 Å². The molecule has 0 radical (unpaired) electrons. The van der Waals surface area contributed by atoms with Crippen molar-refractivity contribution in [2.45, 2.75) is 39.3 Å². The van der Waals surface area contributed by atoms with E-state index in [4.69, 9.17) is 23.2 Å².